The van der Waals surface area contributed by atoms with E-state index in [1.807, 2.05) is 42.5 Å². The molecule has 1 atom stereocenters. The molecule has 36 heavy (non-hydrogen) atoms. The molecule has 5 rings (SSSR count). The molecule has 1 fully saturated rings. The van der Waals surface area contributed by atoms with E-state index >= 15 is 0 Å². The summed E-state index contributed by atoms with van der Waals surface area (Å²) < 4.78 is 4.74. The molecule has 4 aromatic rings. The summed E-state index contributed by atoms with van der Waals surface area (Å²) in [5.74, 6) is 0.384. The van der Waals surface area contributed by atoms with E-state index in [9.17, 15) is 9.59 Å². The van der Waals surface area contributed by atoms with E-state index in [0.717, 1.165) is 27.5 Å². The van der Waals surface area contributed by atoms with Crippen LogP contribution < -0.4 is 11.1 Å². The summed E-state index contributed by atoms with van der Waals surface area (Å²) >= 11 is 6.12. The third kappa shape index (κ3) is 5.05. The molecule has 0 bridgehead atoms. The molecule has 11 heteroatoms. The number of aromatic nitrogens is 3. The third-order valence-electron chi connectivity index (χ3n) is 6.37. The number of anilines is 1. The largest absolute Gasteiger partial charge is 0.453 e. The lowest BCUT2D eigenvalue weighted by molar-refractivity contribution is -0.140. The number of ether oxygens (including phenoxy) is 1. The molecule has 0 unspecified atom stereocenters. The lowest BCUT2D eigenvalue weighted by atomic mass is 10.1. The van der Waals surface area contributed by atoms with Gasteiger partial charge in [-0.15, -0.1) is 0 Å². The smallest absolute Gasteiger partial charge is 0.406 e. The first-order chi connectivity index (χ1) is 17.4. The van der Waals surface area contributed by atoms with Crippen molar-refractivity contribution >= 4 is 51.2 Å². The van der Waals surface area contributed by atoms with E-state index in [-0.39, 0.29) is 25.0 Å². The van der Waals surface area contributed by atoms with Gasteiger partial charge in [-0.05, 0) is 42.0 Å². The topological polar surface area (TPSA) is 129 Å². The number of halogens is 1. The molecule has 3 heterocycles. The Morgan fingerprint density at radius 3 is 2.92 bits per heavy atom. The summed E-state index contributed by atoms with van der Waals surface area (Å²) in [6, 6.07) is 13.2. The van der Waals surface area contributed by atoms with Crippen molar-refractivity contribution in [2.24, 2.45) is 0 Å². The van der Waals surface area contributed by atoms with Gasteiger partial charge in [0, 0.05) is 53.2 Å². The van der Waals surface area contributed by atoms with Gasteiger partial charge in [0.2, 0.25) is 5.91 Å². The van der Waals surface area contributed by atoms with Gasteiger partial charge < -0.3 is 25.7 Å². The van der Waals surface area contributed by atoms with Crippen LogP contribution in [0.5, 0.6) is 0 Å². The van der Waals surface area contributed by atoms with Crippen molar-refractivity contribution in [2.45, 2.75) is 19.1 Å². The van der Waals surface area contributed by atoms with Crippen LogP contribution in [0.3, 0.4) is 0 Å². The quantitative estimate of drug-likeness (QED) is 0.366. The van der Waals surface area contributed by atoms with E-state index in [2.05, 4.69) is 25.2 Å². The maximum atomic E-state index is 13.3. The van der Waals surface area contributed by atoms with E-state index in [0.29, 0.717) is 36.0 Å². The molecule has 4 N–H and O–H groups in total. The first-order valence-electron chi connectivity index (χ1n) is 11.5. The normalized spacial score (nSPS) is 16.6. The van der Waals surface area contributed by atoms with E-state index in [4.69, 9.17) is 22.1 Å². The second-order valence-electron chi connectivity index (χ2n) is 8.85. The number of fused-ring (bicyclic) bond motifs is 2. The van der Waals surface area contributed by atoms with Crippen LogP contribution in [-0.4, -0.2) is 69.5 Å². The van der Waals surface area contributed by atoms with Crippen molar-refractivity contribution < 1.29 is 14.3 Å². The number of benzene rings is 2. The molecule has 0 saturated carbocycles. The second kappa shape index (κ2) is 10.00. The zero-order valence-corrected chi connectivity index (χ0v) is 20.5. The summed E-state index contributed by atoms with van der Waals surface area (Å²) in [6.45, 7) is 2.04. The number of nitrogens with zero attached hydrogens (tertiary/aromatic N) is 4. The SMILES string of the molecule is COC(=O)NC[C@H]1CN(Cc2cc3cc(Cl)ccc3[nH]2)CC(=O)N1Cc1ccc2c(N)ncnc2c1. The molecule has 1 aliphatic rings. The third-order valence-corrected chi connectivity index (χ3v) is 6.61. The molecule has 2 aromatic carbocycles. The highest BCUT2D eigenvalue weighted by Gasteiger charge is 2.33. The molecule has 1 aliphatic heterocycles. The maximum absolute atomic E-state index is 13.3. The van der Waals surface area contributed by atoms with Crippen LogP contribution in [0.4, 0.5) is 10.6 Å². The predicted octanol–water partition coefficient (Wildman–Crippen LogP) is 2.92. The van der Waals surface area contributed by atoms with Gasteiger partial charge in [0.05, 0.1) is 25.2 Å². The van der Waals surface area contributed by atoms with Gasteiger partial charge in [-0.2, -0.15) is 0 Å². The Bertz CT molecular complexity index is 1440. The fourth-order valence-electron chi connectivity index (χ4n) is 4.64. The Kier molecular flexibility index (Phi) is 6.62. The minimum absolute atomic E-state index is 0.0284. The maximum Gasteiger partial charge on any atom is 0.406 e. The van der Waals surface area contributed by atoms with Crippen LogP contribution in [0.25, 0.3) is 21.8 Å². The number of amides is 2. The van der Waals surface area contributed by atoms with Gasteiger partial charge in [0.15, 0.2) is 0 Å². The van der Waals surface area contributed by atoms with Crippen molar-refractivity contribution in [2.75, 3.05) is 32.5 Å². The zero-order valence-electron chi connectivity index (χ0n) is 19.7. The number of nitrogens with one attached hydrogen (secondary N) is 2. The van der Waals surface area contributed by atoms with Crippen LogP contribution >= 0.6 is 11.6 Å². The standard InChI is InChI=1S/C25H26ClN7O3/c1-36-25(35)28-9-19-12-32(11-18-8-16-7-17(26)3-5-21(16)31-18)13-23(34)33(19)10-15-2-4-20-22(6-15)29-14-30-24(20)27/h2-8,14,19,31H,9-13H2,1H3,(H,28,35)(H2,27,29,30)/t19-/m0/s1. The molecule has 0 aliphatic carbocycles. The van der Waals surface area contributed by atoms with Gasteiger partial charge in [-0.25, -0.2) is 14.8 Å². The first kappa shape index (κ1) is 23.8. The Morgan fingerprint density at radius 2 is 2.08 bits per heavy atom. The summed E-state index contributed by atoms with van der Waals surface area (Å²) in [6.07, 6.45) is 0.886. The lowest BCUT2D eigenvalue weighted by Crippen LogP contribution is -2.59. The Hall–Kier alpha value is -3.89. The molecular formula is C25H26ClN7O3. The monoisotopic (exact) mass is 507 g/mol. The number of methoxy groups -OCH3 is 1. The lowest BCUT2D eigenvalue weighted by Gasteiger charge is -2.41. The number of hydrogen-bond donors (Lipinski definition) is 3. The summed E-state index contributed by atoms with van der Waals surface area (Å²) in [4.78, 5) is 40.7. The highest BCUT2D eigenvalue weighted by atomic mass is 35.5. The van der Waals surface area contributed by atoms with Crippen molar-refractivity contribution in [3.63, 3.8) is 0 Å². The van der Waals surface area contributed by atoms with Crippen LogP contribution in [-0.2, 0) is 22.6 Å². The average molecular weight is 508 g/mol. The molecule has 10 nitrogen and oxygen atoms in total. The number of carbonyl (C=O) groups is 2. The molecule has 1 saturated heterocycles. The van der Waals surface area contributed by atoms with E-state index in [1.165, 1.54) is 13.4 Å². The Balaban J connectivity index is 1.35. The van der Waals surface area contributed by atoms with Gasteiger partial charge in [0.1, 0.15) is 12.1 Å². The molecule has 186 valence electrons. The van der Waals surface area contributed by atoms with Gasteiger partial charge in [-0.3, -0.25) is 9.69 Å². The van der Waals surface area contributed by atoms with Crippen molar-refractivity contribution in [1.29, 1.82) is 0 Å². The van der Waals surface area contributed by atoms with Crippen LogP contribution in [0.15, 0.2) is 48.8 Å². The van der Waals surface area contributed by atoms with Crippen molar-refractivity contribution in [1.82, 2.24) is 30.1 Å². The summed E-state index contributed by atoms with van der Waals surface area (Å²) in [5.41, 5.74) is 9.55. The number of H-pyrrole nitrogens is 1. The van der Waals surface area contributed by atoms with E-state index in [1.54, 1.807) is 4.90 Å². The Labute approximate surface area is 212 Å². The highest BCUT2D eigenvalue weighted by molar-refractivity contribution is 6.31. The van der Waals surface area contributed by atoms with Gasteiger partial charge in [0.25, 0.3) is 0 Å². The highest BCUT2D eigenvalue weighted by Crippen LogP contribution is 2.24. The average Bonchev–Trinajstić information content (AvgIpc) is 3.25. The van der Waals surface area contributed by atoms with Crippen molar-refractivity contribution in [3.05, 3.63) is 65.1 Å². The number of alkyl carbamates (subject to hydrolysis) is 1. The number of hydrogen-bond acceptors (Lipinski definition) is 7. The van der Waals surface area contributed by atoms with Crippen LogP contribution in [0.2, 0.25) is 5.02 Å². The van der Waals surface area contributed by atoms with Crippen LogP contribution in [0.1, 0.15) is 11.3 Å². The fraction of sp³-hybridized carbons (Fsp3) is 0.280. The number of carbonyl (C=O) groups excluding carboxylic acids is 2. The second-order valence-corrected chi connectivity index (χ2v) is 9.29. The molecular weight excluding hydrogens is 482 g/mol. The fourth-order valence-corrected chi connectivity index (χ4v) is 4.82. The number of nitrogen functional groups attached to an aromatic ring is 1. The first-order valence-corrected chi connectivity index (χ1v) is 11.9. The minimum atomic E-state index is -0.537. The van der Waals surface area contributed by atoms with Crippen molar-refractivity contribution in [3.8, 4) is 0 Å². The van der Waals surface area contributed by atoms with Crippen LogP contribution in [0, 0.1) is 0 Å². The number of nitrogens with two attached hydrogens (primary N) is 1. The number of piperazine rings is 1. The van der Waals surface area contributed by atoms with Gasteiger partial charge >= 0.3 is 6.09 Å². The summed E-state index contributed by atoms with van der Waals surface area (Å²) in [7, 11) is 1.32. The molecule has 2 aromatic heterocycles. The Morgan fingerprint density at radius 1 is 1.22 bits per heavy atom. The minimum Gasteiger partial charge on any atom is -0.453 e. The molecule has 0 radical (unpaired) electrons. The van der Waals surface area contributed by atoms with Gasteiger partial charge in [-0.1, -0.05) is 17.7 Å². The summed E-state index contributed by atoms with van der Waals surface area (Å²) in [5, 5.41) is 5.21. The van der Waals surface area contributed by atoms with E-state index < -0.39 is 6.09 Å². The predicted molar refractivity (Wildman–Crippen MR) is 137 cm³/mol. The zero-order chi connectivity index (χ0) is 25.2. The number of aromatic amines is 1. The molecule has 2 amide bonds. The number of rotatable bonds is 6. The molecule has 0 spiro atoms.